The number of carboxylic acid groups (broad SMARTS) is 1. The molecule has 0 aliphatic carbocycles. The smallest absolute Gasteiger partial charge is 0.324 e. The molecule has 2 aromatic rings. The van der Waals surface area contributed by atoms with Crippen molar-refractivity contribution in [3.63, 3.8) is 0 Å². The van der Waals surface area contributed by atoms with Gasteiger partial charge in [-0.2, -0.15) is 0 Å². The summed E-state index contributed by atoms with van der Waals surface area (Å²) in [7, 11) is 1.44. The second-order valence-electron chi connectivity index (χ2n) is 7.73. The maximum atomic E-state index is 12.7. The molecule has 0 saturated heterocycles. The molecule has 0 fully saturated rings. The molecule has 0 aliphatic rings. The zero-order chi connectivity index (χ0) is 21.7. The minimum Gasteiger partial charge on any atom is -0.480 e. The molecule has 0 bridgehead atoms. The lowest BCUT2D eigenvalue weighted by Gasteiger charge is -2.36. The van der Waals surface area contributed by atoms with Crippen LogP contribution in [0.2, 0.25) is 0 Å². The van der Waals surface area contributed by atoms with Crippen molar-refractivity contribution in [2.24, 2.45) is 11.7 Å². The van der Waals surface area contributed by atoms with E-state index in [0.29, 0.717) is 5.56 Å². The van der Waals surface area contributed by atoms with E-state index in [1.165, 1.54) is 7.11 Å². The van der Waals surface area contributed by atoms with Gasteiger partial charge in [0.05, 0.1) is 6.73 Å². The number of hydrogen-bond donors (Lipinski definition) is 3. The molecule has 2 rings (SSSR count). The second kappa shape index (κ2) is 9.17. The van der Waals surface area contributed by atoms with Crippen LogP contribution in [0.15, 0.2) is 54.6 Å². The summed E-state index contributed by atoms with van der Waals surface area (Å²) < 4.78 is 10.3. The fraction of sp³-hybridized carbons (Fsp3) is 0.364. The molecule has 0 aromatic heterocycles. The molecule has 0 radical (unpaired) electrons. The number of carboxylic acids is 1. The predicted molar refractivity (Wildman–Crippen MR) is 110 cm³/mol. The summed E-state index contributed by atoms with van der Waals surface area (Å²) in [5, 5.41) is 12.7. The van der Waals surface area contributed by atoms with Crippen molar-refractivity contribution in [3.8, 4) is 11.1 Å². The number of nitrogens with two attached hydrogens (primary N) is 1. The van der Waals surface area contributed by atoms with Gasteiger partial charge in [-0.25, -0.2) is 0 Å². The van der Waals surface area contributed by atoms with Gasteiger partial charge in [0.1, 0.15) is 11.3 Å². The van der Waals surface area contributed by atoms with Crippen molar-refractivity contribution in [2.75, 3.05) is 13.8 Å². The van der Waals surface area contributed by atoms with E-state index in [-0.39, 0.29) is 6.73 Å². The summed E-state index contributed by atoms with van der Waals surface area (Å²) in [6, 6.07) is 16.8. The first-order chi connectivity index (χ1) is 13.6. The lowest BCUT2D eigenvalue weighted by Crippen LogP contribution is -2.61. The summed E-state index contributed by atoms with van der Waals surface area (Å²) in [5.41, 5.74) is 6.26. The van der Waals surface area contributed by atoms with Gasteiger partial charge in [-0.1, -0.05) is 54.6 Å². The molecule has 7 nitrogen and oxygen atoms in total. The number of methoxy groups -OCH3 is 1. The monoisotopic (exact) mass is 400 g/mol. The minimum atomic E-state index is -1.74. The van der Waals surface area contributed by atoms with E-state index in [4.69, 9.17) is 15.2 Å². The molecule has 0 aliphatic heterocycles. The van der Waals surface area contributed by atoms with E-state index >= 15 is 0 Å². The number of benzene rings is 2. The summed E-state index contributed by atoms with van der Waals surface area (Å²) in [5.74, 6) is -4.00. The highest BCUT2D eigenvalue weighted by atomic mass is 16.6. The molecule has 2 atom stereocenters. The second-order valence-corrected chi connectivity index (χ2v) is 7.73. The average Bonchev–Trinajstić information content (AvgIpc) is 2.65. The fourth-order valence-electron chi connectivity index (χ4n) is 2.97. The molecule has 0 saturated carbocycles. The molecule has 0 heterocycles. The molecule has 2 unspecified atom stereocenters. The van der Waals surface area contributed by atoms with Crippen LogP contribution >= 0.6 is 0 Å². The van der Waals surface area contributed by atoms with E-state index < -0.39 is 29.1 Å². The maximum absolute atomic E-state index is 12.7. The van der Waals surface area contributed by atoms with Gasteiger partial charge in [0.15, 0.2) is 5.92 Å². The van der Waals surface area contributed by atoms with E-state index in [1.54, 1.807) is 32.9 Å². The lowest BCUT2D eigenvalue weighted by atomic mass is 9.85. The molecule has 156 valence electrons. The van der Waals surface area contributed by atoms with Crippen molar-refractivity contribution in [2.45, 2.75) is 32.0 Å². The van der Waals surface area contributed by atoms with Crippen molar-refractivity contribution < 1.29 is 24.2 Å². The number of rotatable bonds is 8. The number of nitrogens with one attached hydrogen (secondary N) is 1. The highest BCUT2D eigenvalue weighted by molar-refractivity contribution is 5.96. The molecular weight excluding hydrogens is 372 g/mol. The number of ether oxygens (including phenoxy) is 2. The Morgan fingerprint density at radius 2 is 1.59 bits per heavy atom. The van der Waals surface area contributed by atoms with Crippen LogP contribution in [0.3, 0.4) is 0 Å². The Balaban J connectivity index is 2.46. The molecule has 4 N–H and O–H groups in total. The third-order valence-electron chi connectivity index (χ3n) is 4.32. The van der Waals surface area contributed by atoms with Crippen LogP contribution in [-0.2, 0) is 24.7 Å². The quantitative estimate of drug-likeness (QED) is 0.355. The molecule has 0 amide bonds. The van der Waals surface area contributed by atoms with E-state index in [2.05, 4.69) is 5.32 Å². The first-order valence-corrected chi connectivity index (χ1v) is 9.23. The largest absolute Gasteiger partial charge is 0.480 e. The van der Waals surface area contributed by atoms with E-state index in [1.807, 2.05) is 42.5 Å². The Kier molecular flexibility index (Phi) is 7.13. The number of carbonyl (C=O) groups is 2. The van der Waals surface area contributed by atoms with Gasteiger partial charge < -0.3 is 20.3 Å². The third-order valence-corrected chi connectivity index (χ3v) is 4.32. The standard InChI is InChI=1S/C22H28N2O5/c1-21(2,3)29-20(27)18(19(25)26)22(23,24-14-28-4)17-12-10-16(11-13-17)15-8-6-5-7-9-15/h5-13,18,24H,14,23H2,1-4H3,(H,25,26). The fourth-order valence-corrected chi connectivity index (χ4v) is 2.97. The van der Waals surface area contributed by atoms with Crippen LogP contribution in [0.4, 0.5) is 0 Å². The van der Waals surface area contributed by atoms with Gasteiger partial charge in [0, 0.05) is 7.11 Å². The topological polar surface area (TPSA) is 111 Å². The summed E-state index contributed by atoms with van der Waals surface area (Å²) in [6.07, 6.45) is 0. The first kappa shape index (κ1) is 22.5. The predicted octanol–water partition coefficient (Wildman–Crippen LogP) is 2.70. The number of aliphatic carboxylic acids is 1. The van der Waals surface area contributed by atoms with Gasteiger partial charge in [0.25, 0.3) is 0 Å². The first-order valence-electron chi connectivity index (χ1n) is 9.23. The Morgan fingerprint density at radius 1 is 1.03 bits per heavy atom. The number of carbonyl (C=O) groups excluding carboxylic acids is 1. The highest BCUT2D eigenvalue weighted by Gasteiger charge is 2.48. The van der Waals surface area contributed by atoms with Crippen LogP contribution in [0.25, 0.3) is 11.1 Å². The highest BCUT2D eigenvalue weighted by Crippen LogP contribution is 2.30. The molecule has 0 spiro atoms. The lowest BCUT2D eigenvalue weighted by molar-refractivity contribution is -0.171. The SMILES string of the molecule is COCNC(N)(c1ccc(-c2ccccc2)cc1)C(C(=O)O)C(=O)OC(C)(C)C. The average molecular weight is 400 g/mol. The van der Waals surface area contributed by atoms with Gasteiger partial charge in [-0.3, -0.25) is 14.9 Å². The van der Waals surface area contributed by atoms with Crippen LogP contribution < -0.4 is 11.1 Å². The normalized spacial score (nSPS) is 14.7. The van der Waals surface area contributed by atoms with Crippen molar-refractivity contribution in [3.05, 3.63) is 60.2 Å². The van der Waals surface area contributed by atoms with Gasteiger partial charge in [-0.15, -0.1) is 0 Å². The zero-order valence-corrected chi connectivity index (χ0v) is 17.1. The van der Waals surface area contributed by atoms with Crippen molar-refractivity contribution in [1.82, 2.24) is 5.32 Å². The third kappa shape index (κ3) is 5.63. The van der Waals surface area contributed by atoms with E-state index in [0.717, 1.165) is 11.1 Å². The van der Waals surface area contributed by atoms with Gasteiger partial charge in [0.2, 0.25) is 0 Å². The zero-order valence-electron chi connectivity index (χ0n) is 17.1. The molecular formula is C22H28N2O5. The minimum absolute atomic E-state index is 0.0521. The van der Waals surface area contributed by atoms with Crippen LogP contribution in [0.5, 0.6) is 0 Å². The Labute approximate surface area is 170 Å². The van der Waals surface area contributed by atoms with Crippen LogP contribution in [0, 0.1) is 5.92 Å². The Bertz CT molecular complexity index is 831. The number of esters is 1. The van der Waals surface area contributed by atoms with Crippen LogP contribution in [0.1, 0.15) is 26.3 Å². The summed E-state index contributed by atoms with van der Waals surface area (Å²) in [6.45, 7) is 4.95. The Morgan fingerprint density at radius 3 is 2.07 bits per heavy atom. The molecule has 29 heavy (non-hydrogen) atoms. The van der Waals surface area contributed by atoms with Crippen molar-refractivity contribution >= 4 is 11.9 Å². The molecule has 7 heteroatoms. The van der Waals surface area contributed by atoms with Gasteiger partial charge in [-0.05, 0) is 37.5 Å². The van der Waals surface area contributed by atoms with Gasteiger partial charge >= 0.3 is 11.9 Å². The van der Waals surface area contributed by atoms with Crippen LogP contribution in [-0.4, -0.2) is 36.5 Å². The maximum Gasteiger partial charge on any atom is 0.324 e. The number of hydrogen-bond acceptors (Lipinski definition) is 6. The van der Waals surface area contributed by atoms with E-state index in [9.17, 15) is 14.7 Å². The van der Waals surface area contributed by atoms with Crippen molar-refractivity contribution in [1.29, 1.82) is 0 Å². The summed E-state index contributed by atoms with van der Waals surface area (Å²) >= 11 is 0. The molecule has 2 aromatic carbocycles. The Hall–Kier alpha value is -2.74. The summed E-state index contributed by atoms with van der Waals surface area (Å²) in [4.78, 5) is 24.7.